The van der Waals surface area contributed by atoms with Gasteiger partial charge in [0.2, 0.25) is 0 Å². The van der Waals surface area contributed by atoms with E-state index in [1.807, 2.05) is 11.8 Å². The van der Waals surface area contributed by atoms with Crippen LogP contribution in [0.3, 0.4) is 0 Å². The van der Waals surface area contributed by atoms with Gasteiger partial charge in [-0.3, -0.25) is 4.79 Å². The Kier molecular flexibility index (Phi) is 5.00. The number of nitrogens with zero attached hydrogens (tertiary/aromatic N) is 1. The Hall–Kier alpha value is -0.590. The second-order valence-corrected chi connectivity index (χ2v) is 8.60. The van der Waals surface area contributed by atoms with E-state index in [-0.39, 0.29) is 16.8 Å². The number of hydrogen-bond acceptors (Lipinski definition) is 3. The van der Waals surface area contributed by atoms with Gasteiger partial charge in [0.25, 0.3) is 15.0 Å². The number of carbonyl (C=O) groups excluding carboxylic acids is 1. The number of halogens is 2. The summed E-state index contributed by atoms with van der Waals surface area (Å²) in [5.74, 6) is -0.128. The van der Waals surface area contributed by atoms with E-state index in [0.717, 1.165) is 19.3 Å². The summed E-state index contributed by atoms with van der Waals surface area (Å²) in [4.78, 5) is 14.4. The SMILES string of the molecule is CCCN(C(=O)c1cc(C)c(Br)c(S(=O)(=O)Cl)c1)C1CC1. The van der Waals surface area contributed by atoms with Crippen LogP contribution in [0.25, 0.3) is 0 Å². The lowest BCUT2D eigenvalue weighted by Gasteiger charge is -2.22. The highest BCUT2D eigenvalue weighted by Gasteiger charge is 2.33. The number of aryl methyl sites for hydroxylation is 1. The van der Waals surface area contributed by atoms with E-state index in [4.69, 9.17) is 10.7 Å². The second kappa shape index (κ2) is 6.26. The third-order valence-electron chi connectivity index (χ3n) is 3.44. The fourth-order valence-corrected chi connectivity index (χ4v) is 4.44. The maximum absolute atomic E-state index is 12.6. The standard InChI is InChI=1S/C14H17BrClNO3S/c1-3-6-17(11-4-5-11)14(18)10-7-9(2)13(15)12(8-10)21(16,19)20/h7-8,11H,3-6H2,1-2H3. The van der Waals surface area contributed by atoms with E-state index < -0.39 is 9.05 Å². The monoisotopic (exact) mass is 393 g/mol. The highest BCUT2D eigenvalue weighted by Crippen LogP contribution is 2.32. The van der Waals surface area contributed by atoms with Crippen LogP contribution < -0.4 is 0 Å². The van der Waals surface area contributed by atoms with Gasteiger partial charge in [0.15, 0.2) is 0 Å². The van der Waals surface area contributed by atoms with Crippen molar-refractivity contribution in [2.24, 2.45) is 0 Å². The normalized spacial score (nSPS) is 15.0. The molecule has 0 unspecified atom stereocenters. The van der Waals surface area contributed by atoms with Crippen molar-refractivity contribution in [1.82, 2.24) is 4.90 Å². The average Bonchev–Trinajstić information content (AvgIpc) is 3.21. The van der Waals surface area contributed by atoms with Crippen molar-refractivity contribution in [1.29, 1.82) is 0 Å². The van der Waals surface area contributed by atoms with Crippen LogP contribution in [0, 0.1) is 6.92 Å². The summed E-state index contributed by atoms with van der Waals surface area (Å²) >= 11 is 3.22. The molecule has 0 bridgehead atoms. The Morgan fingerprint density at radius 1 is 1.43 bits per heavy atom. The number of carbonyl (C=O) groups is 1. The van der Waals surface area contributed by atoms with E-state index in [1.165, 1.54) is 6.07 Å². The van der Waals surface area contributed by atoms with Gasteiger partial charge in [0.1, 0.15) is 0 Å². The van der Waals surface area contributed by atoms with Gasteiger partial charge in [-0.1, -0.05) is 6.92 Å². The third-order valence-corrected chi connectivity index (χ3v) is 6.10. The van der Waals surface area contributed by atoms with Crippen molar-refractivity contribution in [2.75, 3.05) is 6.54 Å². The van der Waals surface area contributed by atoms with Gasteiger partial charge in [-0.05, 0) is 59.8 Å². The summed E-state index contributed by atoms with van der Waals surface area (Å²) in [6.07, 6.45) is 2.90. The summed E-state index contributed by atoms with van der Waals surface area (Å²) in [5.41, 5.74) is 1.04. The molecule has 1 amide bonds. The van der Waals surface area contributed by atoms with Crippen LogP contribution in [-0.4, -0.2) is 31.8 Å². The molecule has 0 saturated heterocycles. The Balaban J connectivity index is 2.44. The predicted octanol–water partition coefficient (Wildman–Crippen LogP) is 3.70. The first kappa shape index (κ1) is 16.8. The first-order valence-electron chi connectivity index (χ1n) is 6.81. The minimum atomic E-state index is -3.90. The minimum Gasteiger partial charge on any atom is -0.336 e. The summed E-state index contributed by atoms with van der Waals surface area (Å²) in [6.45, 7) is 4.44. The zero-order valence-corrected chi connectivity index (χ0v) is 15.1. The molecule has 0 heterocycles. The smallest absolute Gasteiger partial charge is 0.262 e. The van der Waals surface area contributed by atoms with E-state index in [2.05, 4.69) is 15.9 Å². The van der Waals surface area contributed by atoms with Gasteiger partial charge >= 0.3 is 0 Å². The van der Waals surface area contributed by atoms with Crippen LogP contribution in [0.1, 0.15) is 42.1 Å². The Bertz CT molecular complexity index is 671. The molecule has 21 heavy (non-hydrogen) atoms. The summed E-state index contributed by atoms with van der Waals surface area (Å²) in [6, 6.07) is 3.34. The van der Waals surface area contributed by atoms with Gasteiger partial charge in [0.05, 0.1) is 4.90 Å². The fourth-order valence-electron chi connectivity index (χ4n) is 2.28. The van der Waals surface area contributed by atoms with Crippen LogP contribution in [-0.2, 0) is 9.05 Å². The van der Waals surface area contributed by atoms with Crippen molar-refractivity contribution in [3.05, 3.63) is 27.7 Å². The van der Waals surface area contributed by atoms with E-state index in [1.54, 1.807) is 13.0 Å². The molecule has 7 heteroatoms. The second-order valence-electron chi connectivity index (χ2n) is 5.27. The predicted molar refractivity (Wildman–Crippen MR) is 86.3 cm³/mol. The quantitative estimate of drug-likeness (QED) is 0.716. The van der Waals surface area contributed by atoms with E-state index in [9.17, 15) is 13.2 Å². The van der Waals surface area contributed by atoms with Gasteiger partial charge in [-0.2, -0.15) is 0 Å². The zero-order chi connectivity index (χ0) is 15.8. The number of benzene rings is 1. The molecule has 1 aliphatic rings. The fraction of sp³-hybridized carbons (Fsp3) is 0.500. The highest BCUT2D eigenvalue weighted by atomic mass is 79.9. The van der Waals surface area contributed by atoms with Crippen molar-refractivity contribution >= 4 is 41.6 Å². The molecule has 1 aromatic carbocycles. The zero-order valence-electron chi connectivity index (χ0n) is 11.9. The molecule has 0 spiro atoms. The van der Waals surface area contributed by atoms with Gasteiger partial charge in [-0.15, -0.1) is 0 Å². The summed E-state index contributed by atoms with van der Waals surface area (Å²) in [5, 5.41) is 0. The van der Waals surface area contributed by atoms with Crippen LogP contribution in [0.4, 0.5) is 0 Å². The summed E-state index contributed by atoms with van der Waals surface area (Å²) < 4.78 is 23.7. The molecule has 1 saturated carbocycles. The Morgan fingerprint density at radius 2 is 2.05 bits per heavy atom. The molecular formula is C14H17BrClNO3S. The highest BCUT2D eigenvalue weighted by molar-refractivity contribution is 9.10. The lowest BCUT2D eigenvalue weighted by atomic mass is 10.1. The molecule has 0 aromatic heterocycles. The van der Waals surface area contributed by atoms with Gasteiger partial charge in [0, 0.05) is 33.3 Å². The third kappa shape index (κ3) is 3.79. The lowest BCUT2D eigenvalue weighted by Crippen LogP contribution is -2.33. The molecule has 0 radical (unpaired) electrons. The van der Waals surface area contributed by atoms with Gasteiger partial charge < -0.3 is 4.90 Å². The molecule has 4 nitrogen and oxygen atoms in total. The molecule has 1 aromatic rings. The van der Waals surface area contributed by atoms with Crippen molar-refractivity contribution in [3.8, 4) is 0 Å². The molecule has 0 N–H and O–H groups in total. The van der Waals surface area contributed by atoms with Crippen LogP contribution in [0.5, 0.6) is 0 Å². The van der Waals surface area contributed by atoms with Crippen LogP contribution in [0.15, 0.2) is 21.5 Å². The average molecular weight is 395 g/mol. The first-order valence-corrected chi connectivity index (χ1v) is 9.91. The minimum absolute atomic E-state index is 0.0558. The van der Waals surface area contributed by atoms with Crippen molar-refractivity contribution in [2.45, 2.75) is 44.0 Å². The van der Waals surface area contributed by atoms with Crippen LogP contribution >= 0.6 is 26.6 Å². The first-order chi connectivity index (χ1) is 9.75. The summed E-state index contributed by atoms with van der Waals surface area (Å²) in [7, 11) is 1.55. The molecular weight excluding hydrogens is 378 g/mol. The lowest BCUT2D eigenvalue weighted by molar-refractivity contribution is 0.0742. The molecule has 1 fully saturated rings. The topological polar surface area (TPSA) is 54.5 Å². The van der Waals surface area contributed by atoms with Gasteiger partial charge in [-0.25, -0.2) is 8.42 Å². The van der Waals surface area contributed by atoms with Crippen molar-refractivity contribution < 1.29 is 13.2 Å². The largest absolute Gasteiger partial charge is 0.336 e. The molecule has 2 rings (SSSR count). The Labute approximate surface area is 138 Å². The van der Waals surface area contributed by atoms with Crippen LogP contribution in [0.2, 0.25) is 0 Å². The molecule has 0 aliphatic heterocycles. The van der Waals surface area contributed by atoms with E-state index in [0.29, 0.717) is 22.1 Å². The van der Waals surface area contributed by atoms with E-state index >= 15 is 0 Å². The number of hydrogen-bond donors (Lipinski definition) is 0. The number of rotatable bonds is 5. The maximum atomic E-state index is 12.6. The Morgan fingerprint density at radius 3 is 2.52 bits per heavy atom. The van der Waals surface area contributed by atoms with Crippen molar-refractivity contribution in [3.63, 3.8) is 0 Å². The molecule has 116 valence electrons. The number of amides is 1. The molecule has 1 aliphatic carbocycles. The maximum Gasteiger partial charge on any atom is 0.262 e. The molecule has 0 atom stereocenters.